The summed E-state index contributed by atoms with van der Waals surface area (Å²) in [6.07, 6.45) is -0.757. The van der Waals surface area contributed by atoms with Gasteiger partial charge in [-0.25, -0.2) is 4.79 Å². The molecule has 0 N–H and O–H groups in total. The third-order valence-electron chi connectivity index (χ3n) is 4.02. The first kappa shape index (κ1) is 18.2. The summed E-state index contributed by atoms with van der Waals surface area (Å²) in [7, 11) is 1.30. The Balaban J connectivity index is 2.05. The molecular weight excluding hydrogens is 400 g/mol. The van der Waals surface area contributed by atoms with Crippen LogP contribution in [0.1, 0.15) is 12.7 Å². The van der Waals surface area contributed by atoms with Gasteiger partial charge in [-0.1, -0.05) is 28.1 Å². The van der Waals surface area contributed by atoms with Gasteiger partial charge in [0.1, 0.15) is 17.1 Å². The van der Waals surface area contributed by atoms with E-state index in [1.165, 1.54) is 7.11 Å². The van der Waals surface area contributed by atoms with Gasteiger partial charge in [-0.05, 0) is 43.7 Å². The number of esters is 1. The number of methoxy groups -OCH3 is 1. The average Bonchev–Trinajstić information content (AvgIpc) is 2.62. The van der Waals surface area contributed by atoms with Crippen LogP contribution >= 0.6 is 15.9 Å². The molecular formula is C20H17BrO5. The molecule has 1 heterocycles. The average molecular weight is 417 g/mol. The molecule has 5 nitrogen and oxygen atoms in total. The summed E-state index contributed by atoms with van der Waals surface area (Å²) in [6, 6.07) is 12.4. The van der Waals surface area contributed by atoms with Crippen molar-refractivity contribution >= 4 is 32.9 Å². The number of carbonyl (C=O) groups is 1. The molecule has 0 radical (unpaired) electrons. The first-order chi connectivity index (χ1) is 12.4. The third kappa shape index (κ3) is 3.51. The highest BCUT2D eigenvalue weighted by atomic mass is 79.9. The van der Waals surface area contributed by atoms with E-state index >= 15 is 0 Å². The highest BCUT2D eigenvalue weighted by Crippen LogP contribution is 2.27. The second kappa shape index (κ2) is 7.33. The standard InChI is InChI=1S/C20H17BrO5/c1-11-18(13-4-6-14(21)7-5-13)19(22)16-9-8-15(10-17(16)26-11)25-12(2)20(23)24-3/h4-10,12H,1-3H3. The molecule has 3 rings (SSSR count). The first-order valence-corrected chi connectivity index (χ1v) is 8.78. The second-order valence-corrected chi connectivity index (χ2v) is 6.73. The minimum atomic E-state index is -0.757. The molecule has 0 fully saturated rings. The Morgan fingerprint density at radius 3 is 2.50 bits per heavy atom. The monoisotopic (exact) mass is 416 g/mol. The number of ether oxygens (including phenoxy) is 2. The van der Waals surface area contributed by atoms with Crippen molar-refractivity contribution in [2.24, 2.45) is 0 Å². The number of aryl methyl sites for hydroxylation is 1. The normalized spacial score (nSPS) is 12.0. The van der Waals surface area contributed by atoms with Gasteiger partial charge in [-0.3, -0.25) is 4.79 Å². The lowest BCUT2D eigenvalue weighted by Gasteiger charge is -2.13. The molecule has 1 unspecified atom stereocenters. The van der Waals surface area contributed by atoms with Crippen molar-refractivity contribution in [3.8, 4) is 16.9 Å². The molecule has 1 aromatic heterocycles. The fraction of sp³-hybridized carbons (Fsp3) is 0.200. The van der Waals surface area contributed by atoms with E-state index < -0.39 is 12.1 Å². The predicted octanol–water partition coefficient (Wildman–Crippen LogP) is 4.47. The molecule has 134 valence electrons. The zero-order valence-corrected chi connectivity index (χ0v) is 16.1. The van der Waals surface area contributed by atoms with Crippen molar-refractivity contribution in [2.75, 3.05) is 7.11 Å². The molecule has 0 aliphatic rings. The van der Waals surface area contributed by atoms with E-state index in [1.807, 2.05) is 24.3 Å². The van der Waals surface area contributed by atoms with Gasteiger partial charge in [0.15, 0.2) is 6.10 Å². The summed E-state index contributed by atoms with van der Waals surface area (Å²) in [5, 5.41) is 0.451. The fourth-order valence-corrected chi connectivity index (χ4v) is 2.99. The van der Waals surface area contributed by atoms with Crippen LogP contribution in [0.2, 0.25) is 0 Å². The molecule has 3 aromatic rings. The molecule has 0 aliphatic carbocycles. The number of halogens is 1. The highest BCUT2D eigenvalue weighted by molar-refractivity contribution is 9.10. The van der Waals surface area contributed by atoms with E-state index in [0.29, 0.717) is 28.0 Å². The van der Waals surface area contributed by atoms with Gasteiger partial charge in [0.05, 0.1) is 18.1 Å². The number of hydrogen-bond acceptors (Lipinski definition) is 5. The Bertz CT molecular complexity index is 1020. The number of hydrogen-bond donors (Lipinski definition) is 0. The van der Waals surface area contributed by atoms with Crippen LogP contribution in [0.4, 0.5) is 0 Å². The summed E-state index contributed by atoms with van der Waals surface area (Å²) in [5.74, 6) is 0.464. The van der Waals surface area contributed by atoms with Crippen LogP contribution in [0.25, 0.3) is 22.1 Å². The Kier molecular flexibility index (Phi) is 5.13. The smallest absolute Gasteiger partial charge is 0.346 e. The maximum atomic E-state index is 12.9. The maximum Gasteiger partial charge on any atom is 0.346 e. The zero-order chi connectivity index (χ0) is 18.8. The van der Waals surface area contributed by atoms with E-state index in [-0.39, 0.29) is 5.43 Å². The predicted molar refractivity (Wildman–Crippen MR) is 102 cm³/mol. The van der Waals surface area contributed by atoms with Gasteiger partial charge < -0.3 is 13.9 Å². The molecule has 0 bridgehead atoms. The molecule has 0 amide bonds. The molecule has 0 saturated heterocycles. The van der Waals surface area contributed by atoms with Crippen LogP contribution in [0, 0.1) is 6.92 Å². The maximum absolute atomic E-state index is 12.9. The quantitative estimate of drug-likeness (QED) is 0.586. The van der Waals surface area contributed by atoms with Gasteiger partial charge in [0.25, 0.3) is 0 Å². The summed E-state index contributed by atoms with van der Waals surface area (Å²) in [4.78, 5) is 24.4. The number of benzene rings is 2. The lowest BCUT2D eigenvalue weighted by Crippen LogP contribution is -2.24. The lowest BCUT2D eigenvalue weighted by atomic mass is 10.0. The van der Waals surface area contributed by atoms with Crippen molar-refractivity contribution in [2.45, 2.75) is 20.0 Å². The lowest BCUT2D eigenvalue weighted by molar-refractivity contribution is -0.147. The summed E-state index contributed by atoms with van der Waals surface area (Å²) in [5.41, 5.74) is 1.61. The Morgan fingerprint density at radius 2 is 1.85 bits per heavy atom. The van der Waals surface area contributed by atoms with Crippen LogP contribution in [-0.4, -0.2) is 19.2 Å². The fourth-order valence-electron chi connectivity index (χ4n) is 2.73. The Morgan fingerprint density at radius 1 is 1.15 bits per heavy atom. The first-order valence-electron chi connectivity index (χ1n) is 7.98. The topological polar surface area (TPSA) is 65.7 Å². The van der Waals surface area contributed by atoms with Crippen LogP contribution in [-0.2, 0) is 9.53 Å². The molecule has 0 spiro atoms. The van der Waals surface area contributed by atoms with E-state index in [9.17, 15) is 9.59 Å². The Labute approximate surface area is 158 Å². The van der Waals surface area contributed by atoms with Crippen LogP contribution < -0.4 is 10.2 Å². The molecule has 6 heteroatoms. The SMILES string of the molecule is COC(=O)C(C)Oc1ccc2c(=O)c(-c3ccc(Br)cc3)c(C)oc2c1. The summed E-state index contributed by atoms with van der Waals surface area (Å²) in [6.45, 7) is 3.34. The number of fused-ring (bicyclic) bond motifs is 1. The van der Waals surface area contributed by atoms with Crippen molar-refractivity contribution in [1.29, 1.82) is 0 Å². The minimum Gasteiger partial charge on any atom is -0.479 e. The van der Waals surface area contributed by atoms with Crippen molar-refractivity contribution in [1.82, 2.24) is 0 Å². The highest BCUT2D eigenvalue weighted by Gasteiger charge is 2.17. The molecule has 26 heavy (non-hydrogen) atoms. The van der Waals surface area contributed by atoms with Crippen LogP contribution in [0.5, 0.6) is 5.75 Å². The zero-order valence-electron chi connectivity index (χ0n) is 14.5. The van der Waals surface area contributed by atoms with E-state index in [0.717, 1.165) is 10.0 Å². The van der Waals surface area contributed by atoms with Crippen molar-refractivity contribution < 1.29 is 18.7 Å². The van der Waals surface area contributed by atoms with E-state index in [1.54, 1.807) is 32.0 Å². The van der Waals surface area contributed by atoms with Gasteiger partial charge >= 0.3 is 5.97 Å². The largest absolute Gasteiger partial charge is 0.479 e. The second-order valence-electron chi connectivity index (χ2n) is 5.81. The molecule has 0 aliphatic heterocycles. The van der Waals surface area contributed by atoms with Gasteiger partial charge in [-0.15, -0.1) is 0 Å². The minimum absolute atomic E-state index is 0.112. The van der Waals surface area contributed by atoms with Crippen molar-refractivity contribution in [3.63, 3.8) is 0 Å². The Hall–Kier alpha value is -2.60. The van der Waals surface area contributed by atoms with Gasteiger partial charge in [-0.2, -0.15) is 0 Å². The summed E-state index contributed by atoms with van der Waals surface area (Å²) >= 11 is 3.39. The van der Waals surface area contributed by atoms with Crippen LogP contribution in [0.15, 0.2) is 56.1 Å². The number of rotatable bonds is 4. The van der Waals surface area contributed by atoms with Crippen molar-refractivity contribution in [3.05, 3.63) is 62.9 Å². The summed E-state index contributed by atoms with van der Waals surface area (Å²) < 4.78 is 17.0. The van der Waals surface area contributed by atoms with Crippen LogP contribution in [0.3, 0.4) is 0 Å². The number of carbonyl (C=O) groups excluding carboxylic acids is 1. The van der Waals surface area contributed by atoms with E-state index in [4.69, 9.17) is 9.15 Å². The van der Waals surface area contributed by atoms with Gasteiger partial charge in [0.2, 0.25) is 5.43 Å². The molecule has 1 atom stereocenters. The molecule has 0 saturated carbocycles. The molecule has 2 aromatic carbocycles. The van der Waals surface area contributed by atoms with Gasteiger partial charge in [0, 0.05) is 10.5 Å². The van der Waals surface area contributed by atoms with E-state index in [2.05, 4.69) is 20.7 Å². The third-order valence-corrected chi connectivity index (χ3v) is 4.55.